The SMILES string of the molecule is CCC(CC)(c1ccc(OCC(=O)C(C)(C)C)c(C)c1)c1ccc2cc(C(=O)CNCC(=O)O)ccc2c1. The van der Waals surface area contributed by atoms with Gasteiger partial charge in [-0.2, -0.15) is 0 Å². The molecule has 2 N–H and O–H groups in total. The van der Waals surface area contributed by atoms with Crippen molar-refractivity contribution in [1.82, 2.24) is 5.32 Å². The molecule has 0 heterocycles. The summed E-state index contributed by atoms with van der Waals surface area (Å²) in [6.45, 7) is 11.9. The number of ketones is 2. The molecular weight excluding hydrogens is 478 g/mol. The molecule has 3 rings (SSSR count). The zero-order valence-electron chi connectivity index (χ0n) is 23.3. The second-order valence-electron chi connectivity index (χ2n) is 10.9. The number of Topliss-reactive ketones (excluding diaryl/α,β-unsaturated/α-hetero) is 2. The van der Waals surface area contributed by atoms with E-state index in [1.54, 1.807) is 6.07 Å². The monoisotopic (exact) mass is 517 g/mol. The topological polar surface area (TPSA) is 92.7 Å². The van der Waals surface area contributed by atoms with Crippen molar-refractivity contribution in [3.8, 4) is 5.75 Å². The van der Waals surface area contributed by atoms with Crippen molar-refractivity contribution < 1.29 is 24.2 Å². The second kappa shape index (κ2) is 11.9. The first-order valence-electron chi connectivity index (χ1n) is 13.2. The maximum Gasteiger partial charge on any atom is 0.317 e. The molecule has 0 saturated carbocycles. The fourth-order valence-electron chi connectivity index (χ4n) is 4.80. The molecule has 0 bridgehead atoms. The molecular formula is C32H39NO5. The van der Waals surface area contributed by atoms with Gasteiger partial charge >= 0.3 is 5.97 Å². The number of nitrogens with one attached hydrogen (secondary N) is 1. The van der Waals surface area contributed by atoms with Crippen molar-refractivity contribution >= 4 is 28.3 Å². The maximum atomic E-state index is 12.5. The van der Waals surface area contributed by atoms with Gasteiger partial charge in [-0.05, 0) is 59.4 Å². The van der Waals surface area contributed by atoms with E-state index >= 15 is 0 Å². The van der Waals surface area contributed by atoms with Crippen molar-refractivity contribution in [2.45, 2.75) is 59.8 Å². The molecule has 3 aromatic rings. The van der Waals surface area contributed by atoms with E-state index in [1.165, 1.54) is 11.1 Å². The van der Waals surface area contributed by atoms with Gasteiger partial charge in [-0.3, -0.25) is 19.7 Å². The van der Waals surface area contributed by atoms with Crippen LogP contribution in [0.25, 0.3) is 10.8 Å². The minimum absolute atomic E-state index is 0.0197. The van der Waals surface area contributed by atoms with Crippen LogP contribution in [0.3, 0.4) is 0 Å². The number of rotatable bonds is 12. The molecule has 0 aromatic heterocycles. The molecule has 0 radical (unpaired) electrons. The van der Waals surface area contributed by atoms with Crippen molar-refractivity contribution in [2.24, 2.45) is 5.41 Å². The molecule has 0 saturated heterocycles. The number of aliphatic carboxylic acids is 1. The largest absolute Gasteiger partial charge is 0.486 e. The first-order chi connectivity index (χ1) is 17.9. The summed E-state index contributed by atoms with van der Waals surface area (Å²) < 4.78 is 5.88. The van der Waals surface area contributed by atoms with Gasteiger partial charge in [0.15, 0.2) is 11.6 Å². The third kappa shape index (κ3) is 6.48. The zero-order chi connectivity index (χ0) is 28.1. The molecule has 202 valence electrons. The summed E-state index contributed by atoms with van der Waals surface area (Å²) in [7, 11) is 0. The highest BCUT2D eigenvalue weighted by Crippen LogP contribution is 2.41. The van der Waals surface area contributed by atoms with Crippen LogP contribution < -0.4 is 10.1 Å². The average Bonchev–Trinajstić information content (AvgIpc) is 2.87. The van der Waals surface area contributed by atoms with Crippen LogP contribution in [0.5, 0.6) is 5.75 Å². The maximum absolute atomic E-state index is 12.5. The van der Waals surface area contributed by atoms with Gasteiger partial charge in [0.1, 0.15) is 12.4 Å². The number of carbonyl (C=O) groups is 3. The Kier molecular flexibility index (Phi) is 9.10. The number of hydrogen-bond acceptors (Lipinski definition) is 5. The molecule has 0 aliphatic rings. The molecule has 0 aliphatic heterocycles. The van der Waals surface area contributed by atoms with Gasteiger partial charge in [-0.25, -0.2) is 0 Å². The predicted molar refractivity (Wildman–Crippen MR) is 151 cm³/mol. The number of aryl methyl sites for hydroxylation is 1. The Balaban J connectivity index is 1.88. The van der Waals surface area contributed by atoms with Gasteiger partial charge in [0.25, 0.3) is 0 Å². The molecule has 0 unspecified atom stereocenters. The van der Waals surface area contributed by atoms with Gasteiger partial charge < -0.3 is 9.84 Å². The number of ether oxygens (including phenoxy) is 1. The summed E-state index contributed by atoms with van der Waals surface area (Å²) >= 11 is 0. The molecule has 0 aliphatic carbocycles. The molecule has 0 atom stereocenters. The quantitative estimate of drug-likeness (QED) is 0.282. The van der Waals surface area contributed by atoms with Gasteiger partial charge in [0, 0.05) is 16.4 Å². The number of carboxylic acids is 1. The lowest BCUT2D eigenvalue weighted by atomic mass is 9.70. The van der Waals surface area contributed by atoms with Crippen LogP contribution in [0.15, 0.2) is 54.6 Å². The summed E-state index contributed by atoms with van der Waals surface area (Å²) in [6.07, 6.45) is 1.81. The molecule has 0 amide bonds. The molecule has 38 heavy (non-hydrogen) atoms. The van der Waals surface area contributed by atoms with Crippen molar-refractivity contribution in [1.29, 1.82) is 0 Å². The lowest BCUT2D eigenvalue weighted by molar-refractivity contribution is -0.135. The lowest BCUT2D eigenvalue weighted by Gasteiger charge is -2.34. The van der Waals surface area contributed by atoms with Gasteiger partial charge in [-0.1, -0.05) is 77.1 Å². The molecule has 3 aromatic carbocycles. The third-order valence-electron chi connectivity index (χ3n) is 7.41. The van der Waals surface area contributed by atoms with Crippen molar-refractivity contribution in [3.63, 3.8) is 0 Å². The van der Waals surface area contributed by atoms with Crippen LogP contribution in [0.4, 0.5) is 0 Å². The van der Waals surface area contributed by atoms with Gasteiger partial charge in [-0.15, -0.1) is 0 Å². The molecule has 0 fully saturated rings. The van der Waals surface area contributed by atoms with E-state index < -0.39 is 11.4 Å². The van der Waals surface area contributed by atoms with E-state index in [0.29, 0.717) is 5.56 Å². The Bertz CT molecular complexity index is 1330. The van der Waals surface area contributed by atoms with Crippen LogP contribution in [0.1, 0.15) is 74.5 Å². The number of carboxylic acid groups (broad SMARTS) is 1. The van der Waals surface area contributed by atoms with E-state index in [-0.39, 0.29) is 36.7 Å². The lowest BCUT2D eigenvalue weighted by Crippen LogP contribution is -2.28. The Morgan fingerprint density at radius 3 is 2.05 bits per heavy atom. The summed E-state index contributed by atoms with van der Waals surface area (Å²) in [6, 6.07) is 18.2. The number of carbonyl (C=O) groups excluding carboxylic acids is 2. The van der Waals surface area contributed by atoms with E-state index in [0.717, 1.165) is 34.9 Å². The number of hydrogen-bond donors (Lipinski definition) is 2. The van der Waals surface area contributed by atoms with E-state index in [2.05, 4.69) is 49.5 Å². The fraction of sp³-hybridized carbons (Fsp3) is 0.406. The minimum Gasteiger partial charge on any atom is -0.486 e. The zero-order valence-corrected chi connectivity index (χ0v) is 23.3. The fourth-order valence-corrected chi connectivity index (χ4v) is 4.80. The van der Waals surface area contributed by atoms with Gasteiger partial charge in [0.2, 0.25) is 0 Å². The number of benzene rings is 3. The Morgan fingerprint density at radius 2 is 1.45 bits per heavy atom. The van der Waals surface area contributed by atoms with E-state index in [1.807, 2.05) is 45.9 Å². The molecule has 0 spiro atoms. The third-order valence-corrected chi connectivity index (χ3v) is 7.41. The normalized spacial score (nSPS) is 11.9. The van der Waals surface area contributed by atoms with Crippen LogP contribution in [-0.2, 0) is 15.0 Å². The predicted octanol–water partition coefficient (Wildman–Crippen LogP) is 6.11. The van der Waals surface area contributed by atoms with Gasteiger partial charge in [0.05, 0.1) is 13.1 Å². The number of fused-ring (bicyclic) bond motifs is 1. The first-order valence-corrected chi connectivity index (χ1v) is 13.2. The molecule has 6 nitrogen and oxygen atoms in total. The standard InChI is InChI=1S/C32H39NO5/c1-7-32(8-2,25-13-14-28(21(3)15-25)38-20-29(35)31(4,5)6)26-12-11-22-16-24(10-9-23(22)17-26)27(34)18-33-19-30(36)37/h9-17,33H,7-8,18-20H2,1-6H3,(H,36,37). The average molecular weight is 518 g/mol. The Morgan fingerprint density at radius 1 is 0.842 bits per heavy atom. The highest BCUT2D eigenvalue weighted by atomic mass is 16.5. The highest BCUT2D eigenvalue weighted by molar-refractivity contribution is 6.01. The van der Waals surface area contributed by atoms with E-state index in [9.17, 15) is 14.4 Å². The van der Waals surface area contributed by atoms with Crippen LogP contribution in [0.2, 0.25) is 0 Å². The highest BCUT2D eigenvalue weighted by Gasteiger charge is 2.31. The van der Waals surface area contributed by atoms with Crippen LogP contribution in [-0.4, -0.2) is 42.3 Å². The van der Waals surface area contributed by atoms with Crippen molar-refractivity contribution in [3.05, 3.63) is 76.9 Å². The van der Waals surface area contributed by atoms with E-state index in [4.69, 9.17) is 9.84 Å². The smallest absolute Gasteiger partial charge is 0.317 e. The summed E-state index contributed by atoms with van der Waals surface area (Å²) in [5, 5.41) is 13.4. The summed E-state index contributed by atoms with van der Waals surface area (Å²) in [5.41, 5.74) is 3.31. The van der Waals surface area contributed by atoms with Crippen LogP contribution in [0, 0.1) is 12.3 Å². The molecule has 6 heteroatoms. The summed E-state index contributed by atoms with van der Waals surface area (Å²) in [5.74, 6) is -0.348. The second-order valence-corrected chi connectivity index (χ2v) is 10.9. The Labute approximate surface area is 225 Å². The summed E-state index contributed by atoms with van der Waals surface area (Å²) in [4.78, 5) is 35.5. The first kappa shape index (κ1) is 29.1. The Hall–Kier alpha value is -3.51. The van der Waals surface area contributed by atoms with Crippen LogP contribution >= 0.6 is 0 Å². The minimum atomic E-state index is -0.993. The van der Waals surface area contributed by atoms with Crippen molar-refractivity contribution in [2.75, 3.05) is 19.7 Å².